The largest absolute Gasteiger partial charge is 0.381 e. The first-order valence-electron chi connectivity index (χ1n) is 6.31. The molecule has 1 heteroatoms. The van der Waals surface area contributed by atoms with Crippen LogP contribution in [0, 0.1) is 20.8 Å². The average Bonchev–Trinajstić information content (AvgIpc) is 2.56. The fraction of sp³-hybridized carbons (Fsp3) is 0.500. The quantitative estimate of drug-likeness (QED) is 0.709. The monoisotopic (exact) mass is 229 g/mol. The summed E-state index contributed by atoms with van der Waals surface area (Å²) in [6, 6.07) is 0. The molecule has 0 bridgehead atoms. The molecule has 0 saturated carbocycles. The smallest absolute Gasteiger partial charge is 0.0410 e. The van der Waals surface area contributed by atoms with E-state index in [-0.39, 0.29) is 5.41 Å². The Morgan fingerprint density at radius 2 is 1.59 bits per heavy atom. The highest BCUT2D eigenvalue weighted by atomic mass is 14.9. The van der Waals surface area contributed by atoms with Crippen LogP contribution >= 0.6 is 0 Å². The van der Waals surface area contributed by atoms with Gasteiger partial charge in [-0.05, 0) is 54.0 Å². The summed E-state index contributed by atoms with van der Waals surface area (Å²) < 4.78 is 0. The van der Waals surface area contributed by atoms with E-state index < -0.39 is 0 Å². The van der Waals surface area contributed by atoms with Crippen molar-refractivity contribution in [3.05, 3.63) is 40.0 Å². The lowest BCUT2D eigenvalue weighted by Gasteiger charge is -2.28. The highest BCUT2D eigenvalue weighted by Crippen LogP contribution is 2.40. The van der Waals surface area contributed by atoms with E-state index in [0.29, 0.717) is 0 Å². The van der Waals surface area contributed by atoms with E-state index in [0.717, 1.165) is 12.2 Å². The van der Waals surface area contributed by atoms with E-state index in [4.69, 9.17) is 0 Å². The molecule has 0 spiro atoms. The zero-order valence-electron chi connectivity index (χ0n) is 11.9. The minimum Gasteiger partial charge on any atom is -0.381 e. The summed E-state index contributed by atoms with van der Waals surface area (Å²) in [6.07, 6.45) is 0. The van der Waals surface area contributed by atoms with Crippen LogP contribution in [0.4, 0.5) is 0 Å². The second-order valence-electron chi connectivity index (χ2n) is 6.19. The maximum Gasteiger partial charge on any atom is 0.0410 e. The molecule has 1 aromatic rings. The molecule has 0 aromatic heterocycles. The van der Waals surface area contributed by atoms with Crippen LogP contribution in [-0.2, 0) is 12.0 Å². The van der Waals surface area contributed by atoms with E-state index in [1.807, 2.05) is 0 Å². The van der Waals surface area contributed by atoms with Crippen LogP contribution in [0.3, 0.4) is 0 Å². The van der Waals surface area contributed by atoms with E-state index in [1.165, 1.54) is 33.4 Å². The van der Waals surface area contributed by atoms with Gasteiger partial charge in [-0.3, -0.25) is 0 Å². The standard InChI is InChI=1S/C16H23N/c1-9-10(2)13-8-17-12(4)14(13)15(11(9)3)16(5,6)7/h17H,4,8H2,1-3,5-7H3. The summed E-state index contributed by atoms with van der Waals surface area (Å²) in [7, 11) is 0. The Kier molecular flexibility index (Phi) is 2.61. The van der Waals surface area contributed by atoms with Gasteiger partial charge in [-0.1, -0.05) is 27.4 Å². The van der Waals surface area contributed by atoms with E-state index >= 15 is 0 Å². The summed E-state index contributed by atoms with van der Waals surface area (Å²) in [5.74, 6) is 0. The van der Waals surface area contributed by atoms with Crippen LogP contribution in [-0.4, -0.2) is 0 Å². The predicted molar refractivity (Wildman–Crippen MR) is 75.2 cm³/mol. The summed E-state index contributed by atoms with van der Waals surface area (Å²) in [5.41, 5.74) is 9.84. The van der Waals surface area contributed by atoms with Crippen LogP contribution in [0.25, 0.3) is 5.70 Å². The third-order valence-corrected chi connectivity index (χ3v) is 4.03. The molecular weight excluding hydrogens is 206 g/mol. The molecule has 1 nitrogen and oxygen atoms in total. The summed E-state index contributed by atoms with van der Waals surface area (Å²) in [6.45, 7) is 18.7. The van der Waals surface area contributed by atoms with Gasteiger partial charge in [0.1, 0.15) is 0 Å². The highest BCUT2D eigenvalue weighted by molar-refractivity contribution is 5.76. The Morgan fingerprint density at radius 3 is 2.12 bits per heavy atom. The Balaban J connectivity index is 2.89. The third-order valence-electron chi connectivity index (χ3n) is 4.03. The van der Waals surface area contributed by atoms with Gasteiger partial charge in [0.25, 0.3) is 0 Å². The highest BCUT2D eigenvalue weighted by Gasteiger charge is 2.29. The molecule has 1 aliphatic heterocycles. The number of nitrogens with one attached hydrogen (secondary N) is 1. The van der Waals surface area contributed by atoms with Gasteiger partial charge in [0.2, 0.25) is 0 Å². The molecule has 92 valence electrons. The van der Waals surface area contributed by atoms with Gasteiger partial charge in [0.15, 0.2) is 0 Å². The van der Waals surface area contributed by atoms with Crippen LogP contribution in [0.2, 0.25) is 0 Å². The molecule has 1 aliphatic rings. The van der Waals surface area contributed by atoms with Gasteiger partial charge < -0.3 is 5.32 Å². The normalized spacial score (nSPS) is 14.8. The van der Waals surface area contributed by atoms with Crippen LogP contribution < -0.4 is 5.32 Å². The number of rotatable bonds is 0. The number of hydrogen-bond donors (Lipinski definition) is 1. The topological polar surface area (TPSA) is 12.0 Å². The first-order chi connectivity index (χ1) is 7.75. The molecule has 0 saturated heterocycles. The Morgan fingerprint density at radius 1 is 1.00 bits per heavy atom. The number of fused-ring (bicyclic) bond motifs is 1. The average molecular weight is 229 g/mol. The van der Waals surface area contributed by atoms with Gasteiger partial charge in [0, 0.05) is 17.8 Å². The lowest BCUT2D eigenvalue weighted by atomic mass is 9.76. The van der Waals surface area contributed by atoms with Crippen LogP contribution in [0.15, 0.2) is 6.58 Å². The van der Waals surface area contributed by atoms with Crippen molar-refractivity contribution in [2.75, 3.05) is 0 Å². The van der Waals surface area contributed by atoms with Gasteiger partial charge in [0.05, 0.1) is 0 Å². The van der Waals surface area contributed by atoms with Crippen LogP contribution in [0.1, 0.15) is 54.2 Å². The maximum atomic E-state index is 4.17. The molecular formula is C16H23N. The molecule has 0 atom stereocenters. The fourth-order valence-corrected chi connectivity index (χ4v) is 3.00. The third kappa shape index (κ3) is 1.69. The van der Waals surface area contributed by atoms with Crippen molar-refractivity contribution in [1.82, 2.24) is 5.32 Å². The molecule has 0 radical (unpaired) electrons. The zero-order valence-corrected chi connectivity index (χ0v) is 11.9. The van der Waals surface area contributed by atoms with Gasteiger partial charge in [-0.15, -0.1) is 0 Å². The van der Waals surface area contributed by atoms with Crippen molar-refractivity contribution in [2.45, 2.75) is 53.5 Å². The Labute approximate surface area is 105 Å². The number of benzene rings is 1. The van der Waals surface area contributed by atoms with E-state index in [2.05, 4.69) is 53.4 Å². The van der Waals surface area contributed by atoms with Crippen molar-refractivity contribution >= 4 is 5.70 Å². The second-order valence-corrected chi connectivity index (χ2v) is 6.19. The summed E-state index contributed by atoms with van der Waals surface area (Å²) >= 11 is 0. The van der Waals surface area contributed by atoms with Gasteiger partial charge >= 0.3 is 0 Å². The van der Waals surface area contributed by atoms with Crippen molar-refractivity contribution in [1.29, 1.82) is 0 Å². The molecule has 1 N–H and O–H groups in total. The molecule has 0 fully saturated rings. The van der Waals surface area contributed by atoms with Crippen LogP contribution in [0.5, 0.6) is 0 Å². The zero-order chi connectivity index (χ0) is 13.0. The van der Waals surface area contributed by atoms with Crippen molar-refractivity contribution in [2.24, 2.45) is 0 Å². The van der Waals surface area contributed by atoms with Crippen molar-refractivity contribution in [3.63, 3.8) is 0 Å². The Bertz CT molecular complexity index is 501. The maximum absolute atomic E-state index is 4.17. The molecule has 1 aromatic carbocycles. The summed E-state index contributed by atoms with van der Waals surface area (Å²) in [4.78, 5) is 0. The molecule has 1 heterocycles. The Hall–Kier alpha value is -1.24. The lowest BCUT2D eigenvalue weighted by Crippen LogP contribution is -2.18. The molecule has 0 unspecified atom stereocenters. The first kappa shape index (κ1) is 12.2. The van der Waals surface area contributed by atoms with Crippen molar-refractivity contribution < 1.29 is 0 Å². The minimum atomic E-state index is 0.168. The SMILES string of the molecule is C=C1NCc2c(C)c(C)c(C)c(C(C)(C)C)c21. The molecule has 17 heavy (non-hydrogen) atoms. The lowest BCUT2D eigenvalue weighted by molar-refractivity contribution is 0.583. The molecule has 0 amide bonds. The van der Waals surface area contributed by atoms with Gasteiger partial charge in [-0.25, -0.2) is 0 Å². The first-order valence-corrected chi connectivity index (χ1v) is 6.31. The fourth-order valence-electron chi connectivity index (χ4n) is 3.00. The molecule has 0 aliphatic carbocycles. The van der Waals surface area contributed by atoms with Gasteiger partial charge in [-0.2, -0.15) is 0 Å². The minimum absolute atomic E-state index is 0.168. The predicted octanol–water partition coefficient (Wildman–Crippen LogP) is 3.98. The summed E-state index contributed by atoms with van der Waals surface area (Å²) in [5, 5.41) is 3.40. The van der Waals surface area contributed by atoms with Crippen molar-refractivity contribution in [3.8, 4) is 0 Å². The van der Waals surface area contributed by atoms with E-state index in [9.17, 15) is 0 Å². The molecule has 2 rings (SSSR count). The van der Waals surface area contributed by atoms with E-state index in [1.54, 1.807) is 0 Å². The number of hydrogen-bond acceptors (Lipinski definition) is 1. The second kappa shape index (κ2) is 3.63.